The molecule has 1 aliphatic heterocycles. The van der Waals surface area contributed by atoms with E-state index in [2.05, 4.69) is 15.5 Å². The Morgan fingerprint density at radius 1 is 1.41 bits per heavy atom. The van der Waals surface area contributed by atoms with Crippen molar-refractivity contribution < 1.29 is 14.3 Å². The fourth-order valence-corrected chi connectivity index (χ4v) is 2.80. The summed E-state index contributed by atoms with van der Waals surface area (Å²) in [6.45, 7) is 3.38. The molecule has 0 saturated carbocycles. The molecule has 1 heterocycles. The molecule has 0 radical (unpaired) electrons. The molecule has 3 amide bonds. The van der Waals surface area contributed by atoms with Gasteiger partial charge in [0.25, 0.3) is 0 Å². The van der Waals surface area contributed by atoms with E-state index < -0.39 is 6.03 Å². The topological polar surface area (TPSA) is 70.7 Å². The summed E-state index contributed by atoms with van der Waals surface area (Å²) < 4.78 is 5.26. The van der Waals surface area contributed by atoms with Crippen LogP contribution in [0.1, 0.15) is 31.4 Å². The lowest BCUT2D eigenvalue weighted by molar-refractivity contribution is -0.121. The highest BCUT2D eigenvalue weighted by Gasteiger charge is 2.28. The molecule has 1 aliphatic rings. The van der Waals surface area contributed by atoms with Crippen LogP contribution in [-0.2, 0) is 4.79 Å². The average Bonchev–Trinajstić information content (AvgIpc) is 2.95. The van der Waals surface area contributed by atoms with Crippen LogP contribution >= 0.6 is 0 Å². The maximum atomic E-state index is 11.9. The molecule has 0 aromatic heterocycles. The Balaban J connectivity index is 1.98. The Labute approximate surface area is 130 Å². The SMILES string of the molecule is CCNC(=O)NC(=O)CN1CCC[C@@H]1c1cccc(OC)c1. The molecular weight excluding hydrogens is 282 g/mol. The number of carbonyl (C=O) groups is 2. The van der Waals surface area contributed by atoms with Crippen molar-refractivity contribution in [3.05, 3.63) is 29.8 Å². The van der Waals surface area contributed by atoms with Crippen LogP contribution < -0.4 is 15.4 Å². The van der Waals surface area contributed by atoms with Crippen molar-refractivity contribution in [3.8, 4) is 5.75 Å². The van der Waals surface area contributed by atoms with Crippen LogP contribution in [0.2, 0.25) is 0 Å². The minimum Gasteiger partial charge on any atom is -0.497 e. The van der Waals surface area contributed by atoms with Crippen LogP contribution in [-0.4, -0.2) is 43.6 Å². The van der Waals surface area contributed by atoms with Gasteiger partial charge in [0.05, 0.1) is 13.7 Å². The van der Waals surface area contributed by atoms with E-state index >= 15 is 0 Å². The lowest BCUT2D eigenvalue weighted by atomic mass is 10.0. The lowest BCUT2D eigenvalue weighted by Crippen LogP contribution is -2.44. The predicted octanol–water partition coefficient (Wildman–Crippen LogP) is 1.68. The molecule has 1 aromatic carbocycles. The average molecular weight is 305 g/mol. The van der Waals surface area contributed by atoms with Gasteiger partial charge in [0, 0.05) is 12.6 Å². The number of urea groups is 1. The zero-order chi connectivity index (χ0) is 15.9. The molecule has 22 heavy (non-hydrogen) atoms. The van der Waals surface area contributed by atoms with Crippen molar-refractivity contribution in [2.75, 3.05) is 26.7 Å². The van der Waals surface area contributed by atoms with Gasteiger partial charge >= 0.3 is 6.03 Å². The first-order chi connectivity index (χ1) is 10.6. The summed E-state index contributed by atoms with van der Waals surface area (Å²) in [5.41, 5.74) is 1.14. The number of hydrogen-bond donors (Lipinski definition) is 2. The molecular formula is C16H23N3O3. The van der Waals surface area contributed by atoms with Crippen molar-refractivity contribution in [3.63, 3.8) is 0 Å². The number of nitrogens with zero attached hydrogens (tertiary/aromatic N) is 1. The molecule has 2 N–H and O–H groups in total. The van der Waals surface area contributed by atoms with Gasteiger partial charge < -0.3 is 10.1 Å². The highest BCUT2D eigenvalue weighted by molar-refractivity contribution is 5.95. The number of carbonyl (C=O) groups excluding carboxylic acids is 2. The maximum Gasteiger partial charge on any atom is 0.321 e. The predicted molar refractivity (Wildman–Crippen MR) is 83.8 cm³/mol. The monoisotopic (exact) mass is 305 g/mol. The van der Waals surface area contributed by atoms with Crippen LogP contribution in [0, 0.1) is 0 Å². The van der Waals surface area contributed by atoms with E-state index in [9.17, 15) is 9.59 Å². The van der Waals surface area contributed by atoms with Crippen LogP contribution in [0.25, 0.3) is 0 Å². The summed E-state index contributed by atoms with van der Waals surface area (Å²) in [6.07, 6.45) is 2.04. The Morgan fingerprint density at radius 3 is 2.95 bits per heavy atom. The second kappa shape index (κ2) is 7.79. The highest BCUT2D eigenvalue weighted by Crippen LogP contribution is 2.32. The Bertz CT molecular complexity index is 533. The number of benzene rings is 1. The summed E-state index contributed by atoms with van der Waals surface area (Å²) in [5, 5.41) is 4.90. The van der Waals surface area contributed by atoms with Crippen molar-refractivity contribution in [1.82, 2.24) is 15.5 Å². The smallest absolute Gasteiger partial charge is 0.321 e. The van der Waals surface area contributed by atoms with Gasteiger partial charge in [0.1, 0.15) is 5.75 Å². The summed E-state index contributed by atoms with van der Waals surface area (Å²) >= 11 is 0. The van der Waals surface area contributed by atoms with Crippen LogP contribution in [0.3, 0.4) is 0 Å². The quantitative estimate of drug-likeness (QED) is 0.868. The molecule has 6 heteroatoms. The molecule has 0 bridgehead atoms. The zero-order valence-corrected chi connectivity index (χ0v) is 13.1. The number of methoxy groups -OCH3 is 1. The molecule has 120 valence electrons. The Kier molecular flexibility index (Phi) is 5.77. The molecule has 2 rings (SSSR count). The largest absolute Gasteiger partial charge is 0.497 e. The van der Waals surface area contributed by atoms with E-state index in [0.717, 1.165) is 30.7 Å². The maximum absolute atomic E-state index is 11.9. The Morgan fingerprint density at radius 2 is 2.23 bits per heavy atom. The van der Waals surface area contributed by atoms with E-state index in [1.807, 2.05) is 31.2 Å². The number of rotatable bonds is 5. The van der Waals surface area contributed by atoms with Crippen molar-refractivity contribution in [2.24, 2.45) is 0 Å². The number of hydrogen-bond acceptors (Lipinski definition) is 4. The van der Waals surface area contributed by atoms with E-state index in [1.165, 1.54) is 0 Å². The van der Waals surface area contributed by atoms with Gasteiger partial charge in [0.2, 0.25) is 5.91 Å². The normalized spacial score (nSPS) is 18.0. The molecule has 0 spiro atoms. The molecule has 0 aliphatic carbocycles. The first kappa shape index (κ1) is 16.3. The van der Waals surface area contributed by atoms with Gasteiger partial charge in [0.15, 0.2) is 0 Å². The first-order valence-corrected chi connectivity index (χ1v) is 7.59. The second-order valence-corrected chi connectivity index (χ2v) is 5.31. The fourth-order valence-electron chi connectivity index (χ4n) is 2.80. The minimum absolute atomic E-state index is 0.190. The molecule has 1 atom stereocenters. The van der Waals surface area contributed by atoms with E-state index in [-0.39, 0.29) is 18.5 Å². The zero-order valence-electron chi connectivity index (χ0n) is 13.1. The standard InChI is InChI=1S/C16H23N3O3/c1-3-17-16(21)18-15(20)11-19-9-5-8-14(19)12-6-4-7-13(10-12)22-2/h4,6-7,10,14H,3,5,8-9,11H2,1-2H3,(H2,17,18,20,21)/t14-/m1/s1. The molecule has 6 nitrogen and oxygen atoms in total. The van der Waals surface area contributed by atoms with Crippen LogP contribution in [0.15, 0.2) is 24.3 Å². The third-order valence-corrected chi connectivity index (χ3v) is 3.78. The van der Waals surface area contributed by atoms with E-state index in [4.69, 9.17) is 4.74 Å². The summed E-state index contributed by atoms with van der Waals surface area (Å²) in [5.74, 6) is 0.539. The number of imide groups is 1. The first-order valence-electron chi connectivity index (χ1n) is 7.59. The molecule has 0 unspecified atom stereocenters. The van der Waals surface area contributed by atoms with E-state index in [0.29, 0.717) is 6.54 Å². The second-order valence-electron chi connectivity index (χ2n) is 5.31. The number of amides is 3. The van der Waals surface area contributed by atoms with Gasteiger partial charge in [-0.3, -0.25) is 15.0 Å². The number of nitrogens with one attached hydrogen (secondary N) is 2. The van der Waals surface area contributed by atoms with Crippen LogP contribution in [0.5, 0.6) is 5.75 Å². The van der Waals surface area contributed by atoms with Gasteiger partial charge in [-0.25, -0.2) is 4.79 Å². The minimum atomic E-state index is -0.440. The lowest BCUT2D eigenvalue weighted by Gasteiger charge is -2.24. The van der Waals surface area contributed by atoms with Crippen molar-refractivity contribution in [1.29, 1.82) is 0 Å². The Hall–Kier alpha value is -2.08. The fraction of sp³-hybridized carbons (Fsp3) is 0.500. The summed E-state index contributed by atoms with van der Waals surface area (Å²) in [4.78, 5) is 25.4. The van der Waals surface area contributed by atoms with Crippen molar-refractivity contribution in [2.45, 2.75) is 25.8 Å². The van der Waals surface area contributed by atoms with Crippen LogP contribution in [0.4, 0.5) is 4.79 Å². The van der Waals surface area contributed by atoms with Gasteiger partial charge in [-0.05, 0) is 44.0 Å². The number of likely N-dealkylation sites (tertiary alicyclic amines) is 1. The molecule has 1 saturated heterocycles. The highest BCUT2D eigenvalue weighted by atomic mass is 16.5. The third kappa shape index (κ3) is 4.21. The van der Waals surface area contributed by atoms with Gasteiger partial charge in [-0.1, -0.05) is 12.1 Å². The summed E-state index contributed by atoms with van der Waals surface area (Å²) in [7, 11) is 1.64. The van der Waals surface area contributed by atoms with Gasteiger partial charge in [-0.2, -0.15) is 0 Å². The van der Waals surface area contributed by atoms with Gasteiger partial charge in [-0.15, -0.1) is 0 Å². The number of ether oxygens (including phenoxy) is 1. The third-order valence-electron chi connectivity index (χ3n) is 3.78. The molecule has 1 fully saturated rings. The van der Waals surface area contributed by atoms with E-state index in [1.54, 1.807) is 7.11 Å². The van der Waals surface area contributed by atoms with Crippen molar-refractivity contribution >= 4 is 11.9 Å². The molecule has 1 aromatic rings. The summed E-state index contributed by atoms with van der Waals surface area (Å²) in [6, 6.07) is 7.67.